The second-order valence-corrected chi connectivity index (χ2v) is 5.12. The Kier molecular flexibility index (Phi) is 3.66. The Morgan fingerprint density at radius 3 is 2.95 bits per heavy atom. The average Bonchev–Trinajstić information content (AvgIpc) is 2.95. The van der Waals surface area contributed by atoms with Gasteiger partial charge >= 0.3 is 0 Å². The van der Waals surface area contributed by atoms with Gasteiger partial charge in [-0.05, 0) is 17.7 Å². The number of benzene rings is 1. The maximum Gasteiger partial charge on any atom is 0.241 e. The lowest BCUT2D eigenvalue weighted by Crippen LogP contribution is -2.58. The molecule has 1 saturated heterocycles. The average molecular weight is 291 g/mol. The molecule has 1 fully saturated rings. The van der Waals surface area contributed by atoms with Crippen LogP contribution in [0.1, 0.15) is 5.56 Å². The summed E-state index contributed by atoms with van der Waals surface area (Å²) < 4.78 is 10.6. The number of carbonyl (C=O) groups excluding carboxylic acids is 2. The highest BCUT2D eigenvalue weighted by atomic mass is 16.7. The van der Waals surface area contributed by atoms with Crippen molar-refractivity contribution in [3.8, 4) is 11.5 Å². The first kappa shape index (κ1) is 13.7. The van der Waals surface area contributed by atoms with Gasteiger partial charge in [0.05, 0.1) is 6.54 Å². The van der Waals surface area contributed by atoms with Gasteiger partial charge in [0.15, 0.2) is 11.5 Å². The number of hydrogen-bond acceptors (Lipinski definition) is 5. The molecule has 2 aliphatic rings. The van der Waals surface area contributed by atoms with Gasteiger partial charge in [0, 0.05) is 20.1 Å². The summed E-state index contributed by atoms with van der Waals surface area (Å²) in [6.07, 6.45) is 0. The van der Waals surface area contributed by atoms with Crippen LogP contribution in [0.2, 0.25) is 0 Å². The van der Waals surface area contributed by atoms with Gasteiger partial charge < -0.3 is 19.7 Å². The number of nitrogens with one attached hydrogen (secondary N) is 2. The summed E-state index contributed by atoms with van der Waals surface area (Å²) in [6.45, 7) is 1.21. The highest BCUT2D eigenvalue weighted by molar-refractivity contribution is 5.86. The lowest BCUT2D eigenvalue weighted by molar-refractivity contribution is -0.134. The lowest BCUT2D eigenvalue weighted by Gasteiger charge is -2.27. The highest BCUT2D eigenvalue weighted by Crippen LogP contribution is 2.32. The SMILES string of the molecule is CN(Cc1ccc2c(c1)OCO2)C(=O)C1CNC(=O)CN1. The van der Waals surface area contributed by atoms with E-state index in [4.69, 9.17) is 9.47 Å². The zero-order chi connectivity index (χ0) is 14.8. The fraction of sp³-hybridized carbons (Fsp3) is 0.429. The molecule has 0 aromatic heterocycles. The third kappa shape index (κ3) is 2.92. The molecule has 2 amide bonds. The van der Waals surface area contributed by atoms with E-state index >= 15 is 0 Å². The number of nitrogens with zero attached hydrogens (tertiary/aromatic N) is 1. The predicted molar refractivity (Wildman–Crippen MR) is 73.8 cm³/mol. The second kappa shape index (κ2) is 5.61. The highest BCUT2D eigenvalue weighted by Gasteiger charge is 2.26. The molecular formula is C14H17N3O4. The van der Waals surface area contributed by atoms with Crippen molar-refractivity contribution >= 4 is 11.8 Å². The van der Waals surface area contributed by atoms with Crippen LogP contribution < -0.4 is 20.1 Å². The maximum atomic E-state index is 12.3. The fourth-order valence-electron chi connectivity index (χ4n) is 2.40. The summed E-state index contributed by atoms with van der Waals surface area (Å²) in [7, 11) is 1.74. The molecule has 2 aliphatic heterocycles. The van der Waals surface area contributed by atoms with Crippen molar-refractivity contribution < 1.29 is 19.1 Å². The van der Waals surface area contributed by atoms with E-state index < -0.39 is 0 Å². The molecule has 1 unspecified atom stereocenters. The Labute approximate surface area is 122 Å². The van der Waals surface area contributed by atoms with Gasteiger partial charge in [-0.3, -0.25) is 14.9 Å². The standard InChI is InChI=1S/C14H17N3O4/c1-17(14(19)10-5-16-13(18)6-15-10)7-9-2-3-11-12(4-9)21-8-20-11/h2-4,10,15H,5-8H2,1H3,(H,16,18). The molecule has 0 spiro atoms. The first-order valence-corrected chi connectivity index (χ1v) is 6.77. The summed E-state index contributed by atoms with van der Waals surface area (Å²) >= 11 is 0. The first-order chi connectivity index (χ1) is 10.1. The smallest absolute Gasteiger partial charge is 0.241 e. The van der Waals surface area contributed by atoms with E-state index in [1.807, 2.05) is 18.2 Å². The minimum atomic E-state index is -0.373. The molecule has 7 nitrogen and oxygen atoms in total. The Balaban J connectivity index is 1.61. The van der Waals surface area contributed by atoms with Crippen molar-refractivity contribution in [1.29, 1.82) is 0 Å². The topological polar surface area (TPSA) is 79.9 Å². The zero-order valence-electron chi connectivity index (χ0n) is 11.7. The molecule has 1 aromatic carbocycles. The van der Waals surface area contributed by atoms with Crippen LogP contribution in [0.25, 0.3) is 0 Å². The van der Waals surface area contributed by atoms with E-state index in [1.54, 1.807) is 11.9 Å². The summed E-state index contributed by atoms with van der Waals surface area (Å²) in [4.78, 5) is 25.0. The van der Waals surface area contributed by atoms with Crippen molar-refractivity contribution in [3.05, 3.63) is 23.8 Å². The van der Waals surface area contributed by atoms with E-state index in [0.717, 1.165) is 11.3 Å². The second-order valence-electron chi connectivity index (χ2n) is 5.12. The normalized spacial score (nSPS) is 20.0. The van der Waals surface area contributed by atoms with Crippen LogP contribution in [0.5, 0.6) is 11.5 Å². The Morgan fingerprint density at radius 1 is 1.38 bits per heavy atom. The lowest BCUT2D eigenvalue weighted by atomic mass is 10.1. The van der Waals surface area contributed by atoms with E-state index in [1.165, 1.54) is 0 Å². The van der Waals surface area contributed by atoms with Crippen LogP contribution in [0, 0.1) is 0 Å². The first-order valence-electron chi connectivity index (χ1n) is 6.77. The molecule has 21 heavy (non-hydrogen) atoms. The van der Waals surface area contributed by atoms with Crippen molar-refractivity contribution in [2.75, 3.05) is 26.9 Å². The number of carbonyl (C=O) groups is 2. The van der Waals surface area contributed by atoms with E-state index in [0.29, 0.717) is 18.8 Å². The van der Waals surface area contributed by atoms with E-state index in [2.05, 4.69) is 10.6 Å². The van der Waals surface area contributed by atoms with Crippen molar-refractivity contribution in [2.45, 2.75) is 12.6 Å². The molecule has 1 aromatic rings. The van der Waals surface area contributed by atoms with Crippen molar-refractivity contribution in [2.24, 2.45) is 0 Å². The number of piperazine rings is 1. The zero-order valence-corrected chi connectivity index (χ0v) is 11.7. The quantitative estimate of drug-likeness (QED) is 0.782. The third-order valence-corrected chi connectivity index (χ3v) is 3.54. The number of likely N-dealkylation sites (N-methyl/N-ethyl adjacent to an activating group) is 1. The van der Waals surface area contributed by atoms with Crippen molar-refractivity contribution in [1.82, 2.24) is 15.5 Å². The van der Waals surface area contributed by atoms with Crippen LogP contribution in [-0.4, -0.2) is 49.7 Å². The molecule has 0 radical (unpaired) electrons. The summed E-state index contributed by atoms with van der Waals surface area (Å²) in [5, 5.41) is 5.61. The molecule has 2 heterocycles. The summed E-state index contributed by atoms with van der Waals surface area (Å²) in [5.74, 6) is 1.30. The van der Waals surface area contributed by atoms with Crippen LogP contribution in [0.3, 0.4) is 0 Å². The van der Waals surface area contributed by atoms with Gasteiger partial charge in [-0.2, -0.15) is 0 Å². The largest absolute Gasteiger partial charge is 0.454 e. The number of fused-ring (bicyclic) bond motifs is 1. The summed E-state index contributed by atoms with van der Waals surface area (Å²) in [5.41, 5.74) is 0.968. The number of hydrogen-bond donors (Lipinski definition) is 2. The predicted octanol–water partition coefficient (Wildman–Crippen LogP) is -0.538. The molecule has 1 atom stereocenters. The summed E-state index contributed by atoms with van der Waals surface area (Å²) in [6, 6.07) is 5.26. The molecule has 0 saturated carbocycles. The number of amides is 2. The number of ether oxygens (including phenoxy) is 2. The van der Waals surface area contributed by atoms with Gasteiger partial charge in [-0.25, -0.2) is 0 Å². The molecular weight excluding hydrogens is 274 g/mol. The maximum absolute atomic E-state index is 12.3. The Morgan fingerprint density at radius 2 is 2.19 bits per heavy atom. The van der Waals surface area contributed by atoms with Gasteiger partial charge in [0.1, 0.15) is 6.04 Å². The third-order valence-electron chi connectivity index (χ3n) is 3.54. The van der Waals surface area contributed by atoms with Gasteiger partial charge in [0.2, 0.25) is 18.6 Å². The van der Waals surface area contributed by atoms with Crippen molar-refractivity contribution in [3.63, 3.8) is 0 Å². The minimum absolute atomic E-state index is 0.0485. The van der Waals surface area contributed by atoms with Crippen LogP contribution in [0.15, 0.2) is 18.2 Å². The monoisotopic (exact) mass is 291 g/mol. The molecule has 112 valence electrons. The molecule has 0 aliphatic carbocycles. The van der Waals surface area contributed by atoms with Crippen LogP contribution in [0.4, 0.5) is 0 Å². The molecule has 7 heteroatoms. The number of rotatable bonds is 3. The van der Waals surface area contributed by atoms with E-state index in [-0.39, 0.29) is 31.2 Å². The van der Waals surface area contributed by atoms with E-state index in [9.17, 15) is 9.59 Å². The fourth-order valence-corrected chi connectivity index (χ4v) is 2.40. The van der Waals surface area contributed by atoms with Crippen LogP contribution in [-0.2, 0) is 16.1 Å². The Bertz CT molecular complexity index is 565. The van der Waals surface area contributed by atoms with Crippen LogP contribution >= 0.6 is 0 Å². The molecule has 0 bridgehead atoms. The molecule has 3 rings (SSSR count). The Hall–Kier alpha value is -2.28. The van der Waals surface area contributed by atoms with Gasteiger partial charge in [0.25, 0.3) is 0 Å². The van der Waals surface area contributed by atoms with Gasteiger partial charge in [-0.15, -0.1) is 0 Å². The van der Waals surface area contributed by atoms with Gasteiger partial charge in [-0.1, -0.05) is 6.07 Å². The molecule has 2 N–H and O–H groups in total. The minimum Gasteiger partial charge on any atom is -0.454 e.